The second-order valence-corrected chi connectivity index (χ2v) is 5.15. The molecule has 0 saturated carbocycles. The fourth-order valence-electron chi connectivity index (χ4n) is 1.62. The summed E-state index contributed by atoms with van der Waals surface area (Å²) in [6.45, 7) is 7.33. The minimum absolute atomic E-state index is 0.0368. The van der Waals surface area contributed by atoms with Crippen molar-refractivity contribution in [1.29, 1.82) is 0 Å². The Hall–Kier alpha value is -1.26. The zero-order valence-corrected chi connectivity index (χ0v) is 10.3. The lowest BCUT2D eigenvalue weighted by Gasteiger charge is -2.31. The van der Waals surface area contributed by atoms with Crippen molar-refractivity contribution in [2.24, 2.45) is 0 Å². The normalized spacial score (nSPS) is 25.9. The van der Waals surface area contributed by atoms with Crippen molar-refractivity contribution in [1.82, 2.24) is 10.6 Å². The van der Waals surface area contributed by atoms with Crippen LogP contribution in [0.1, 0.15) is 40.5 Å². The van der Waals surface area contributed by atoms with Crippen molar-refractivity contribution in [3.8, 4) is 0 Å². The van der Waals surface area contributed by atoms with Gasteiger partial charge in [-0.1, -0.05) is 0 Å². The van der Waals surface area contributed by atoms with Gasteiger partial charge in [0, 0.05) is 12.5 Å². The molecule has 1 aliphatic heterocycles. The molecule has 0 aromatic rings. The van der Waals surface area contributed by atoms with E-state index in [2.05, 4.69) is 10.6 Å². The molecule has 2 amide bonds. The molecule has 1 fully saturated rings. The van der Waals surface area contributed by atoms with Crippen LogP contribution in [-0.2, 0) is 9.53 Å². The average molecular weight is 228 g/mol. The minimum atomic E-state index is -0.495. The van der Waals surface area contributed by atoms with E-state index in [1.165, 1.54) is 0 Å². The molecular formula is C11H20N2O3. The largest absolute Gasteiger partial charge is 0.444 e. The van der Waals surface area contributed by atoms with Crippen LogP contribution < -0.4 is 10.6 Å². The molecule has 2 N–H and O–H groups in total. The molecule has 0 spiro atoms. The maximum Gasteiger partial charge on any atom is 0.407 e. The SMILES string of the molecule is CC1NC(=O)CCC1NC(=O)OC(C)(C)C. The van der Waals surface area contributed by atoms with E-state index in [0.717, 1.165) is 0 Å². The van der Waals surface area contributed by atoms with Crippen molar-refractivity contribution >= 4 is 12.0 Å². The third-order valence-corrected chi connectivity index (χ3v) is 2.38. The zero-order valence-electron chi connectivity index (χ0n) is 10.3. The highest BCUT2D eigenvalue weighted by Crippen LogP contribution is 2.11. The van der Waals surface area contributed by atoms with Gasteiger partial charge in [0.05, 0.1) is 6.04 Å². The lowest BCUT2D eigenvalue weighted by Crippen LogP contribution is -2.54. The molecule has 1 heterocycles. The molecule has 16 heavy (non-hydrogen) atoms. The van der Waals surface area contributed by atoms with E-state index in [1.807, 2.05) is 27.7 Å². The molecule has 2 unspecified atom stereocenters. The average Bonchev–Trinajstić information content (AvgIpc) is 2.06. The maximum absolute atomic E-state index is 11.5. The summed E-state index contributed by atoms with van der Waals surface area (Å²) < 4.78 is 5.15. The van der Waals surface area contributed by atoms with Crippen molar-refractivity contribution in [3.05, 3.63) is 0 Å². The Kier molecular flexibility index (Phi) is 3.78. The summed E-state index contributed by atoms with van der Waals surface area (Å²) in [5.74, 6) is 0.0368. The number of hydrogen-bond donors (Lipinski definition) is 2. The number of carbonyl (C=O) groups excluding carboxylic acids is 2. The summed E-state index contributed by atoms with van der Waals surface area (Å²) in [6.07, 6.45) is 0.678. The highest BCUT2D eigenvalue weighted by molar-refractivity contribution is 5.77. The van der Waals surface area contributed by atoms with Gasteiger partial charge in [-0.2, -0.15) is 0 Å². The smallest absolute Gasteiger partial charge is 0.407 e. The molecule has 1 rings (SSSR count). The van der Waals surface area contributed by atoms with Gasteiger partial charge in [0.2, 0.25) is 5.91 Å². The van der Waals surface area contributed by atoms with E-state index < -0.39 is 11.7 Å². The fourth-order valence-corrected chi connectivity index (χ4v) is 1.62. The summed E-state index contributed by atoms with van der Waals surface area (Å²) >= 11 is 0. The van der Waals surface area contributed by atoms with E-state index in [1.54, 1.807) is 0 Å². The number of hydrogen-bond acceptors (Lipinski definition) is 3. The summed E-state index contributed by atoms with van der Waals surface area (Å²) in [6, 6.07) is -0.0960. The van der Waals surface area contributed by atoms with Crippen LogP contribution in [0.4, 0.5) is 4.79 Å². The lowest BCUT2D eigenvalue weighted by molar-refractivity contribution is -0.123. The highest BCUT2D eigenvalue weighted by Gasteiger charge is 2.28. The fraction of sp³-hybridized carbons (Fsp3) is 0.818. The summed E-state index contributed by atoms with van der Waals surface area (Å²) in [5.41, 5.74) is -0.495. The van der Waals surface area contributed by atoms with Crippen LogP contribution in [0.15, 0.2) is 0 Å². The molecule has 0 aliphatic carbocycles. The van der Waals surface area contributed by atoms with E-state index in [-0.39, 0.29) is 18.0 Å². The first-order chi connectivity index (χ1) is 7.28. The van der Waals surface area contributed by atoms with Gasteiger partial charge in [-0.3, -0.25) is 4.79 Å². The van der Waals surface area contributed by atoms with Gasteiger partial charge >= 0.3 is 6.09 Å². The Balaban J connectivity index is 2.42. The van der Waals surface area contributed by atoms with Gasteiger partial charge in [0.25, 0.3) is 0 Å². The van der Waals surface area contributed by atoms with Gasteiger partial charge in [-0.05, 0) is 34.1 Å². The molecule has 0 aromatic heterocycles. The predicted molar refractivity (Wildman–Crippen MR) is 60.0 cm³/mol. The summed E-state index contributed by atoms with van der Waals surface area (Å²) in [7, 11) is 0. The highest BCUT2D eigenvalue weighted by atomic mass is 16.6. The Morgan fingerprint density at radius 1 is 1.50 bits per heavy atom. The molecular weight excluding hydrogens is 208 g/mol. The van der Waals surface area contributed by atoms with Crippen molar-refractivity contribution in [2.45, 2.75) is 58.2 Å². The number of nitrogens with one attached hydrogen (secondary N) is 2. The van der Waals surface area contributed by atoms with Crippen LogP contribution in [0, 0.1) is 0 Å². The number of ether oxygens (including phenoxy) is 1. The van der Waals surface area contributed by atoms with Gasteiger partial charge in [-0.25, -0.2) is 4.79 Å². The quantitative estimate of drug-likeness (QED) is 0.708. The van der Waals surface area contributed by atoms with E-state index in [0.29, 0.717) is 12.8 Å². The molecule has 2 atom stereocenters. The van der Waals surface area contributed by atoms with E-state index >= 15 is 0 Å². The van der Waals surface area contributed by atoms with Crippen LogP contribution in [0.3, 0.4) is 0 Å². The standard InChI is InChI=1S/C11H20N2O3/c1-7-8(5-6-9(14)12-7)13-10(15)16-11(2,3)4/h7-8H,5-6H2,1-4H3,(H,12,14)(H,13,15). The first-order valence-electron chi connectivity index (χ1n) is 5.57. The lowest BCUT2D eigenvalue weighted by atomic mass is 10.00. The molecule has 5 nitrogen and oxygen atoms in total. The van der Waals surface area contributed by atoms with Crippen LogP contribution in [0.2, 0.25) is 0 Å². The number of rotatable bonds is 1. The van der Waals surface area contributed by atoms with Crippen LogP contribution in [0.25, 0.3) is 0 Å². The first-order valence-corrected chi connectivity index (χ1v) is 5.57. The monoisotopic (exact) mass is 228 g/mol. The summed E-state index contributed by atoms with van der Waals surface area (Å²) in [4.78, 5) is 22.6. The topological polar surface area (TPSA) is 67.4 Å². The van der Waals surface area contributed by atoms with Gasteiger partial charge in [-0.15, -0.1) is 0 Å². The number of piperidine rings is 1. The van der Waals surface area contributed by atoms with Gasteiger partial charge in [0.1, 0.15) is 5.60 Å². The summed E-state index contributed by atoms with van der Waals surface area (Å²) in [5, 5.41) is 5.56. The minimum Gasteiger partial charge on any atom is -0.444 e. The van der Waals surface area contributed by atoms with E-state index in [9.17, 15) is 9.59 Å². The second kappa shape index (κ2) is 4.72. The molecule has 0 aromatic carbocycles. The number of alkyl carbamates (subject to hydrolysis) is 1. The Labute approximate surface area is 95.9 Å². The van der Waals surface area contributed by atoms with Gasteiger partial charge < -0.3 is 15.4 Å². The second-order valence-electron chi connectivity index (χ2n) is 5.15. The van der Waals surface area contributed by atoms with E-state index in [4.69, 9.17) is 4.74 Å². The molecule has 92 valence electrons. The van der Waals surface area contributed by atoms with Crippen LogP contribution in [-0.4, -0.2) is 29.7 Å². The Bertz CT molecular complexity index is 283. The number of carbonyl (C=O) groups is 2. The van der Waals surface area contributed by atoms with Crippen LogP contribution >= 0.6 is 0 Å². The van der Waals surface area contributed by atoms with Crippen LogP contribution in [0.5, 0.6) is 0 Å². The Morgan fingerprint density at radius 2 is 2.12 bits per heavy atom. The maximum atomic E-state index is 11.5. The molecule has 5 heteroatoms. The van der Waals surface area contributed by atoms with Crippen molar-refractivity contribution in [3.63, 3.8) is 0 Å². The third-order valence-electron chi connectivity index (χ3n) is 2.38. The molecule has 1 saturated heterocycles. The molecule has 0 bridgehead atoms. The first kappa shape index (κ1) is 12.8. The molecule has 1 aliphatic rings. The van der Waals surface area contributed by atoms with Gasteiger partial charge in [0.15, 0.2) is 0 Å². The number of amides is 2. The molecule has 0 radical (unpaired) electrons. The van der Waals surface area contributed by atoms with Crippen molar-refractivity contribution in [2.75, 3.05) is 0 Å². The Morgan fingerprint density at radius 3 is 2.62 bits per heavy atom. The third kappa shape index (κ3) is 4.08. The zero-order chi connectivity index (χ0) is 12.3. The van der Waals surface area contributed by atoms with Crippen molar-refractivity contribution < 1.29 is 14.3 Å². The predicted octanol–water partition coefficient (Wildman–Crippen LogP) is 1.18.